The lowest BCUT2D eigenvalue weighted by Crippen LogP contribution is -2.28. The van der Waals surface area contributed by atoms with Gasteiger partial charge in [-0.25, -0.2) is 9.59 Å². The largest absolute Gasteiger partial charge is 0.478 e. The number of anilines is 1. The fourth-order valence-electron chi connectivity index (χ4n) is 1.80. The molecule has 0 spiro atoms. The third kappa shape index (κ3) is 5.24. The van der Waals surface area contributed by atoms with Gasteiger partial charge in [0.25, 0.3) is 0 Å². The first-order chi connectivity index (χ1) is 11.4. The summed E-state index contributed by atoms with van der Waals surface area (Å²) in [5, 5.41) is 21.7. The van der Waals surface area contributed by atoms with Crippen LogP contribution in [-0.4, -0.2) is 33.4 Å². The number of nitrogens with zero attached hydrogens (tertiary/aromatic N) is 2. The first kappa shape index (κ1) is 17.2. The Morgan fingerprint density at radius 2 is 1.83 bits per heavy atom. The fourth-order valence-corrected chi connectivity index (χ4v) is 1.80. The van der Waals surface area contributed by atoms with E-state index in [1.54, 1.807) is 24.3 Å². The lowest BCUT2D eigenvalue weighted by atomic mass is 10.1. The van der Waals surface area contributed by atoms with E-state index in [4.69, 9.17) is 9.84 Å². The zero-order chi connectivity index (χ0) is 17.5. The van der Waals surface area contributed by atoms with Gasteiger partial charge in [0.2, 0.25) is 5.88 Å². The molecule has 0 aliphatic rings. The van der Waals surface area contributed by atoms with Gasteiger partial charge in [0.05, 0.1) is 11.7 Å². The van der Waals surface area contributed by atoms with Crippen LogP contribution in [0.2, 0.25) is 0 Å². The van der Waals surface area contributed by atoms with Crippen LogP contribution >= 0.6 is 0 Å². The number of aromatic nitrogens is 2. The first-order valence-corrected chi connectivity index (χ1v) is 7.31. The summed E-state index contributed by atoms with van der Waals surface area (Å²) in [6.45, 7) is 4.02. The van der Waals surface area contributed by atoms with Gasteiger partial charge in [-0.2, -0.15) is 0 Å². The second kappa shape index (κ2) is 7.91. The number of carbonyl (C=O) groups excluding carboxylic acids is 1. The summed E-state index contributed by atoms with van der Waals surface area (Å²) in [5.74, 6) is -0.310. The Balaban J connectivity index is 1.83. The lowest BCUT2D eigenvalue weighted by Gasteiger charge is -2.09. The maximum Gasteiger partial charge on any atom is 0.335 e. The molecule has 0 aliphatic carbocycles. The van der Waals surface area contributed by atoms with E-state index in [-0.39, 0.29) is 18.2 Å². The lowest BCUT2D eigenvalue weighted by molar-refractivity contribution is 0.0697. The van der Waals surface area contributed by atoms with Crippen LogP contribution in [0.4, 0.5) is 10.6 Å². The SMILES string of the molecule is CC(C)Oc1ccc(NC(=O)NCc2ccc(C(=O)O)cc2)nn1. The van der Waals surface area contributed by atoms with Crippen molar-refractivity contribution < 1.29 is 19.4 Å². The molecular weight excluding hydrogens is 312 g/mol. The summed E-state index contributed by atoms with van der Waals surface area (Å²) >= 11 is 0. The quantitative estimate of drug-likeness (QED) is 0.749. The number of benzene rings is 1. The molecule has 24 heavy (non-hydrogen) atoms. The number of hydrogen-bond donors (Lipinski definition) is 3. The Morgan fingerprint density at radius 1 is 1.12 bits per heavy atom. The number of nitrogens with one attached hydrogen (secondary N) is 2. The summed E-state index contributed by atoms with van der Waals surface area (Å²) in [4.78, 5) is 22.6. The van der Waals surface area contributed by atoms with E-state index in [0.717, 1.165) is 5.56 Å². The number of urea groups is 1. The number of carboxylic acid groups (broad SMARTS) is 1. The molecule has 0 radical (unpaired) electrons. The van der Waals surface area contributed by atoms with Crippen LogP contribution in [0.15, 0.2) is 36.4 Å². The predicted octanol–water partition coefficient (Wildman–Crippen LogP) is 2.28. The van der Waals surface area contributed by atoms with Crippen molar-refractivity contribution in [3.63, 3.8) is 0 Å². The molecule has 0 saturated carbocycles. The van der Waals surface area contributed by atoms with Crippen molar-refractivity contribution in [2.45, 2.75) is 26.5 Å². The number of amides is 2. The van der Waals surface area contributed by atoms with Crippen molar-refractivity contribution in [3.8, 4) is 5.88 Å². The molecule has 1 aromatic carbocycles. The molecule has 8 heteroatoms. The highest BCUT2D eigenvalue weighted by atomic mass is 16.5. The van der Waals surface area contributed by atoms with Crippen molar-refractivity contribution in [2.75, 3.05) is 5.32 Å². The van der Waals surface area contributed by atoms with E-state index < -0.39 is 12.0 Å². The van der Waals surface area contributed by atoms with Crippen LogP contribution in [0, 0.1) is 0 Å². The normalized spacial score (nSPS) is 10.3. The maximum atomic E-state index is 11.8. The first-order valence-electron chi connectivity index (χ1n) is 7.31. The number of ether oxygens (including phenoxy) is 1. The van der Waals surface area contributed by atoms with Gasteiger partial charge in [-0.05, 0) is 37.6 Å². The molecule has 1 aromatic heterocycles. The van der Waals surface area contributed by atoms with Crippen molar-refractivity contribution in [3.05, 3.63) is 47.5 Å². The summed E-state index contributed by atoms with van der Waals surface area (Å²) in [7, 11) is 0. The fraction of sp³-hybridized carbons (Fsp3) is 0.250. The van der Waals surface area contributed by atoms with E-state index in [0.29, 0.717) is 11.7 Å². The molecule has 126 valence electrons. The second-order valence-corrected chi connectivity index (χ2v) is 5.23. The van der Waals surface area contributed by atoms with Gasteiger partial charge in [0, 0.05) is 12.6 Å². The minimum Gasteiger partial charge on any atom is -0.478 e. The van der Waals surface area contributed by atoms with Gasteiger partial charge in [-0.1, -0.05) is 12.1 Å². The van der Waals surface area contributed by atoms with Crippen molar-refractivity contribution in [1.82, 2.24) is 15.5 Å². The van der Waals surface area contributed by atoms with Crippen molar-refractivity contribution in [2.24, 2.45) is 0 Å². The van der Waals surface area contributed by atoms with Crippen molar-refractivity contribution >= 4 is 17.8 Å². The molecule has 0 fully saturated rings. The van der Waals surface area contributed by atoms with Gasteiger partial charge < -0.3 is 15.2 Å². The van der Waals surface area contributed by atoms with E-state index >= 15 is 0 Å². The zero-order valence-corrected chi connectivity index (χ0v) is 13.3. The van der Waals surface area contributed by atoms with Crippen LogP contribution < -0.4 is 15.4 Å². The molecule has 0 atom stereocenters. The summed E-state index contributed by atoms with van der Waals surface area (Å²) in [5.41, 5.74) is 0.976. The van der Waals surface area contributed by atoms with Gasteiger partial charge in [0.15, 0.2) is 5.82 Å². The average Bonchev–Trinajstić information content (AvgIpc) is 2.54. The van der Waals surface area contributed by atoms with Crippen LogP contribution in [0.3, 0.4) is 0 Å². The smallest absolute Gasteiger partial charge is 0.335 e. The van der Waals surface area contributed by atoms with E-state index in [2.05, 4.69) is 20.8 Å². The third-order valence-corrected chi connectivity index (χ3v) is 2.89. The Labute approximate surface area is 138 Å². The van der Waals surface area contributed by atoms with Crippen LogP contribution in [0.1, 0.15) is 29.8 Å². The minimum atomic E-state index is -0.990. The predicted molar refractivity (Wildman–Crippen MR) is 87.1 cm³/mol. The molecule has 2 rings (SSSR count). The summed E-state index contributed by atoms with van der Waals surface area (Å²) in [6, 6.07) is 9.01. The van der Waals surface area contributed by atoms with Gasteiger partial charge in [-0.3, -0.25) is 5.32 Å². The highest BCUT2D eigenvalue weighted by molar-refractivity contribution is 5.88. The van der Waals surface area contributed by atoms with Gasteiger partial charge >= 0.3 is 12.0 Å². The minimum absolute atomic E-state index is 0.00563. The third-order valence-electron chi connectivity index (χ3n) is 2.89. The summed E-state index contributed by atoms with van der Waals surface area (Å²) in [6.07, 6.45) is -0.00563. The molecular formula is C16H18N4O4. The highest BCUT2D eigenvalue weighted by Gasteiger charge is 2.06. The molecule has 0 saturated heterocycles. The monoisotopic (exact) mass is 330 g/mol. The Morgan fingerprint density at radius 3 is 2.38 bits per heavy atom. The maximum absolute atomic E-state index is 11.8. The molecule has 0 unspecified atom stereocenters. The summed E-state index contributed by atoms with van der Waals surface area (Å²) < 4.78 is 5.36. The standard InChI is InChI=1S/C16H18N4O4/c1-10(2)24-14-8-7-13(19-20-14)18-16(23)17-9-11-3-5-12(6-4-11)15(21)22/h3-8,10H,9H2,1-2H3,(H,21,22)(H2,17,18,19,23). The topological polar surface area (TPSA) is 113 Å². The molecule has 2 aromatic rings. The second-order valence-electron chi connectivity index (χ2n) is 5.23. The van der Waals surface area contributed by atoms with Crippen LogP contribution in [0.25, 0.3) is 0 Å². The van der Waals surface area contributed by atoms with Crippen LogP contribution in [-0.2, 0) is 6.54 Å². The number of hydrogen-bond acceptors (Lipinski definition) is 5. The van der Waals surface area contributed by atoms with E-state index in [1.807, 2.05) is 13.8 Å². The Hall–Kier alpha value is -3.16. The van der Waals surface area contributed by atoms with Crippen LogP contribution in [0.5, 0.6) is 5.88 Å². The average molecular weight is 330 g/mol. The Bertz CT molecular complexity index is 699. The number of aromatic carboxylic acids is 1. The zero-order valence-electron chi connectivity index (χ0n) is 13.3. The van der Waals surface area contributed by atoms with E-state index in [1.165, 1.54) is 12.1 Å². The number of carbonyl (C=O) groups is 2. The highest BCUT2D eigenvalue weighted by Crippen LogP contribution is 2.10. The van der Waals surface area contributed by atoms with Gasteiger partial charge in [0.1, 0.15) is 0 Å². The van der Waals surface area contributed by atoms with Crippen molar-refractivity contribution in [1.29, 1.82) is 0 Å². The molecule has 0 bridgehead atoms. The van der Waals surface area contributed by atoms with Gasteiger partial charge in [-0.15, -0.1) is 10.2 Å². The Kier molecular flexibility index (Phi) is 5.67. The number of rotatable bonds is 6. The van der Waals surface area contributed by atoms with E-state index in [9.17, 15) is 9.59 Å². The molecule has 2 amide bonds. The molecule has 1 heterocycles. The molecule has 3 N–H and O–H groups in total. The molecule has 8 nitrogen and oxygen atoms in total. The molecule has 0 aliphatic heterocycles. The number of carboxylic acids is 1.